The van der Waals surface area contributed by atoms with Gasteiger partial charge in [0.2, 0.25) is 11.8 Å². The van der Waals surface area contributed by atoms with Crippen molar-refractivity contribution in [2.45, 2.75) is 25.2 Å². The van der Waals surface area contributed by atoms with Crippen LogP contribution in [0.3, 0.4) is 0 Å². The SMILES string of the molecule is CN(CC(=O)N1CCC(C(=O)O)CC1)C(=O)C1CC1c1c(F)cccc1Cl. The van der Waals surface area contributed by atoms with Crippen molar-refractivity contribution < 1.29 is 23.9 Å². The molecular weight excluding hydrogens is 375 g/mol. The summed E-state index contributed by atoms with van der Waals surface area (Å²) < 4.78 is 14.0. The van der Waals surface area contributed by atoms with Crippen LogP contribution in [0, 0.1) is 17.7 Å². The minimum atomic E-state index is -0.832. The van der Waals surface area contributed by atoms with Crippen molar-refractivity contribution in [2.75, 3.05) is 26.7 Å². The molecule has 1 aromatic rings. The Morgan fingerprint density at radius 1 is 1.30 bits per heavy atom. The second-order valence-electron chi connectivity index (χ2n) is 7.27. The summed E-state index contributed by atoms with van der Waals surface area (Å²) in [7, 11) is 1.56. The van der Waals surface area contributed by atoms with E-state index in [4.69, 9.17) is 16.7 Å². The summed E-state index contributed by atoms with van der Waals surface area (Å²) in [5, 5.41) is 9.33. The van der Waals surface area contributed by atoms with Gasteiger partial charge in [0, 0.05) is 42.6 Å². The van der Waals surface area contributed by atoms with E-state index < -0.39 is 17.7 Å². The Labute approximate surface area is 161 Å². The number of rotatable bonds is 5. The van der Waals surface area contributed by atoms with Crippen molar-refractivity contribution in [3.63, 3.8) is 0 Å². The lowest BCUT2D eigenvalue weighted by molar-refractivity contribution is -0.146. The Hall–Kier alpha value is -2.15. The van der Waals surface area contributed by atoms with Crippen LogP contribution in [-0.4, -0.2) is 59.4 Å². The Balaban J connectivity index is 1.53. The number of likely N-dealkylation sites (N-methyl/N-ethyl adjacent to an activating group) is 1. The third-order valence-corrected chi connectivity index (χ3v) is 5.75. The normalized spacial score (nSPS) is 22.4. The highest BCUT2D eigenvalue weighted by Crippen LogP contribution is 2.51. The van der Waals surface area contributed by atoms with E-state index in [0.29, 0.717) is 42.9 Å². The van der Waals surface area contributed by atoms with Crippen molar-refractivity contribution in [2.24, 2.45) is 11.8 Å². The molecular formula is C19H22ClFN2O4. The molecule has 8 heteroatoms. The van der Waals surface area contributed by atoms with Gasteiger partial charge in [0.1, 0.15) is 5.82 Å². The fourth-order valence-electron chi connectivity index (χ4n) is 3.69. The highest BCUT2D eigenvalue weighted by Gasteiger charge is 2.47. The van der Waals surface area contributed by atoms with Gasteiger partial charge in [0.25, 0.3) is 0 Å². The highest BCUT2D eigenvalue weighted by molar-refractivity contribution is 6.31. The maximum Gasteiger partial charge on any atom is 0.306 e. The molecule has 1 aliphatic heterocycles. The number of hydrogen-bond acceptors (Lipinski definition) is 3. The van der Waals surface area contributed by atoms with Crippen LogP contribution in [-0.2, 0) is 14.4 Å². The Morgan fingerprint density at radius 2 is 1.96 bits per heavy atom. The summed E-state index contributed by atoms with van der Waals surface area (Å²) in [4.78, 5) is 38.9. The van der Waals surface area contributed by atoms with Gasteiger partial charge in [-0.25, -0.2) is 4.39 Å². The molecule has 2 aliphatic rings. The average Bonchev–Trinajstić information content (AvgIpc) is 3.41. The minimum absolute atomic E-state index is 0.0647. The highest BCUT2D eigenvalue weighted by atomic mass is 35.5. The maximum atomic E-state index is 14.0. The van der Waals surface area contributed by atoms with Crippen LogP contribution >= 0.6 is 11.6 Å². The number of amides is 2. The largest absolute Gasteiger partial charge is 0.481 e. The molecule has 0 radical (unpaired) electrons. The predicted molar refractivity (Wildman–Crippen MR) is 96.8 cm³/mol. The molecule has 2 fully saturated rings. The lowest BCUT2D eigenvalue weighted by Crippen LogP contribution is -2.45. The molecule has 1 aliphatic carbocycles. The first kappa shape index (κ1) is 19.6. The number of likely N-dealkylation sites (tertiary alicyclic amines) is 1. The zero-order valence-corrected chi connectivity index (χ0v) is 15.8. The molecule has 0 spiro atoms. The topological polar surface area (TPSA) is 77.9 Å². The smallest absolute Gasteiger partial charge is 0.306 e. The summed E-state index contributed by atoms with van der Waals surface area (Å²) in [5.74, 6) is -2.68. The van der Waals surface area contributed by atoms with Crippen molar-refractivity contribution in [1.82, 2.24) is 9.80 Å². The first-order chi connectivity index (χ1) is 12.8. The summed E-state index contributed by atoms with van der Waals surface area (Å²) >= 11 is 6.07. The van der Waals surface area contributed by atoms with E-state index in [9.17, 15) is 18.8 Å². The molecule has 1 heterocycles. The number of benzene rings is 1. The Kier molecular flexibility index (Phi) is 5.69. The van der Waals surface area contributed by atoms with Gasteiger partial charge in [-0.2, -0.15) is 0 Å². The van der Waals surface area contributed by atoms with E-state index in [0.717, 1.165) is 0 Å². The second kappa shape index (κ2) is 7.84. The van der Waals surface area contributed by atoms with Crippen LogP contribution in [0.25, 0.3) is 0 Å². The van der Waals surface area contributed by atoms with Gasteiger partial charge in [0.05, 0.1) is 12.5 Å². The van der Waals surface area contributed by atoms with Crippen LogP contribution in [0.2, 0.25) is 5.02 Å². The zero-order chi connectivity index (χ0) is 19.7. The maximum absolute atomic E-state index is 14.0. The minimum Gasteiger partial charge on any atom is -0.481 e. The van der Waals surface area contributed by atoms with Crippen molar-refractivity contribution in [1.29, 1.82) is 0 Å². The Bertz CT molecular complexity index is 744. The van der Waals surface area contributed by atoms with E-state index in [1.54, 1.807) is 18.0 Å². The number of nitrogens with zero attached hydrogens (tertiary/aromatic N) is 2. The zero-order valence-electron chi connectivity index (χ0n) is 15.0. The number of carboxylic acids is 1. The molecule has 2 atom stereocenters. The fourth-order valence-corrected chi connectivity index (χ4v) is 3.99. The molecule has 1 saturated heterocycles. The fraction of sp³-hybridized carbons (Fsp3) is 0.526. The van der Waals surface area contributed by atoms with E-state index in [1.165, 1.54) is 17.0 Å². The van der Waals surface area contributed by atoms with Gasteiger partial charge in [0.15, 0.2) is 0 Å². The third kappa shape index (κ3) is 4.24. The van der Waals surface area contributed by atoms with Gasteiger partial charge in [-0.05, 0) is 31.4 Å². The molecule has 146 valence electrons. The molecule has 6 nitrogen and oxygen atoms in total. The molecule has 1 N–H and O–H groups in total. The summed E-state index contributed by atoms with van der Waals surface area (Å²) in [6, 6.07) is 4.46. The number of piperidine rings is 1. The van der Waals surface area contributed by atoms with Gasteiger partial charge in [-0.1, -0.05) is 17.7 Å². The number of hydrogen-bond donors (Lipinski definition) is 1. The van der Waals surface area contributed by atoms with E-state index >= 15 is 0 Å². The molecule has 0 bridgehead atoms. The summed E-state index contributed by atoms with van der Waals surface area (Å²) in [6.45, 7) is 0.703. The van der Waals surface area contributed by atoms with Gasteiger partial charge >= 0.3 is 5.97 Å². The second-order valence-corrected chi connectivity index (χ2v) is 7.68. The first-order valence-electron chi connectivity index (χ1n) is 8.99. The van der Waals surface area contributed by atoms with Crippen molar-refractivity contribution in [3.8, 4) is 0 Å². The predicted octanol–water partition coefficient (Wildman–Crippen LogP) is 2.36. The van der Waals surface area contributed by atoms with E-state index in [1.807, 2.05) is 0 Å². The van der Waals surface area contributed by atoms with Crippen LogP contribution in [0.5, 0.6) is 0 Å². The number of aliphatic carboxylic acids is 1. The average molecular weight is 397 g/mol. The first-order valence-corrected chi connectivity index (χ1v) is 9.36. The van der Waals surface area contributed by atoms with Crippen LogP contribution in [0.15, 0.2) is 18.2 Å². The standard InChI is InChI=1S/C19H22ClFN2O4/c1-22(10-16(24)23-7-5-11(6-8-23)19(26)27)18(25)13-9-12(13)17-14(20)3-2-4-15(17)21/h2-4,11-13H,5-10H2,1H3,(H,26,27). The lowest BCUT2D eigenvalue weighted by atomic mass is 9.97. The summed E-state index contributed by atoms with van der Waals surface area (Å²) in [6.07, 6.45) is 1.37. The van der Waals surface area contributed by atoms with Crippen molar-refractivity contribution in [3.05, 3.63) is 34.6 Å². The molecule has 2 unspecified atom stereocenters. The Morgan fingerprint density at radius 3 is 2.56 bits per heavy atom. The molecule has 2 amide bonds. The van der Waals surface area contributed by atoms with Crippen LogP contribution in [0.4, 0.5) is 4.39 Å². The third-order valence-electron chi connectivity index (χ3n) is 5.42. The lowest BCUT2D eigenvalue weighted by Gasteiger charge is -2.31. The van der Waals surface area contributed by atoms with Gasteiger partial charge in [-0.3, -0.25) is 14.4 Å². The quantitative estimate of drug-likeness (QED) is 0.828. The number of carbonyl (C=O) groups is 3. The van der Waals surface area contributed by atoms with Gasteiger partial charge < -0.3 is 14.9 Å². The molecule has 1 saturated carbocycles. The monoisotopic (exact) mass is 396 g/mol. The van der Waals surface area contributed by atoms with Crippen molar-refractivity contribution >= 4 is 29.4 Å². The molecule has 1 aromatic carbocycles. The number of carboxylic acid groups (broad SMARTS) is 1. The molecule has 0 aromatic heterocycles. The number of halogens is 2. The molecule has 3 rings (SSSR count). The molecule has 27 heavy (non-hydrogen) atoms. The van der Waals surface area contributed by atoms with Crippen LogP contribution in [0.1, 0.15) is 30.7 Å². The number of carbonyl (C=O) groups excluding carboxylic acids is 2. The van der Waals surface area contributed by atoms with E-state index in [-0.39, 0.29) is 30.2 Å². The summed E-state index contributed by atoms with van der Waals surface area (Å²) in [5.41, 5.74) is 0.369. The van der Waals surface area contributed by atoms with Crippen LogP contribution < -0.4 is 0 Å². The van der Waals surface area contributed by atoms with E-state index in [2.05, 4.69) is 0 Å². The van der Waals surface area contributed by atoms with Gasteiger partial charge in [-0.15, -0.1) is 0 Å².